The van der Waals surface area contributed by atoms with E-state index in [9.17, 15) is 0 Å². The van der Waals surface area contributed by atoms with Crippen LogP contribution in [0.5, 0.6) is 0 Å². The second-order valence-corrected chi connectivity index (χ2v) is 8.24. The van der Waals surface area contributed by atoms with Crippen LogP contribution in [0.1, 0.15) is 43.1 Å². The van der Waals surface area contributed by atoms with Gasteiger partial charge in [0.25, 0.3) is 0 Å². The number of aromatic nitrogens is 1. The Hall–Kier alpha value is -1.74. The number of benzene rings is 2. The molecule has 1 unspecified atom stereocenters. The normalized spacial score (nSPS) is 18.1. The van der Waals surface area contributed by atoms with E-state index in [-0.39, 0.29) is 0 Å². The minimum atomic E-state index is 0.411. The minimum Gasteiger partial charge on any atom is -0.318 e. The van der Waals surface area contributed by atoms with Gasteiger partial charge >= 0.3 is 0 Å². The molecule has 0 spiro atoms. The fourth-order valence-corrected chi connectivity index (χ4v) is 4.57. The van der Waals surface area contributed by atoms with E-state index in [1.165, 1.54) is 33.3 Å². The molecule has 0 radical (unpaired) electrons. The highest BCUT2D eigenvalue weighted by Gasteiger charge is 2.29. The molecule has 0 amide bonds. The molecule has 140 valence electrons. The third-order valence-corrected chi connectivity index (χ3v) is 6.17. The molecule has 0 bridgehead atoms. The van der Waals surface area contributed by atoms with Gasteiger partial charge in [0.15, 0.2) is 0 Å². The summed E-state index contributed by atoms with van der Waals surface area (Å²) in [6, 6.07) is 14.7. The first-order valence-electron chi connectivity index (χ1n) is 9.46. The second-order valence-electron chi connectivity index (χ2n) is 7.37. The highest BCUT2D eigenvalue weighted by molar-refractivity contribution is 6.31. The van der Waals surface area contributed by atoms with Crippen LogP contribution in [0.2, 0.25) is 10.0 Å². The molecular weight excluding hydrogens is 375 g/mol. The Balaban J connectivity index is 1.95. The summed E-state index contributed by atoms with van der Waals surface area (Å²) >= 11 is 12.4. The molecule has 3 aromatic rings. The van der Waals surface area contributed by atoms with Crippen LogP contribution >= 0.6 is 23.2 Å². The molecule has 1 aliphatic heterocycles. The molecule has 2 aromatic carbocycles. The molecule has 2 nitrogen and oxygen atoms in total. The lowest BCUT2D eigenvalue weighted by Crippen LogP contribution is -2.32. The van der Waals surface area contributed by atoms with Crippen LogP contribution in [0.4, 0.5) is 0 Å². The van der Waals surface area contributed by atoms with Crippen molar-refractivity contribution in [3.8, 4) is 0 Å². The molecule has 4 rings (SSSR count). The molecule has 0 saturated carbocycles. The monoisotopic (exact) mass is 398 g/mol. The zero-order chi connectivity index (χ0) is 19.1. The SMILES string of the molecule is CCC1c2c(c3cc(Cl)ccc3n2/C=C(\C)c2ccc(Cl)cc2)CCN1C. The largest absolute Gasteiger partial charge is 0.318 e. The van der Waals surface area contributed by atoms with Crippen molar-refractivity contribution in [3.63, 3.8) is 0 Å². The van der Waals surface area contributed by atoms with Crippen molar-refractivity contribution in [2.75, 3.05) is 13.6 Å². The number of fused-ring (bicyclic) bond motifs is 3. The lowest BCUT2D eigenvalue weighted by molar-refractivity contribution is 0.220. The molecule has 0 N–H and O–H groups in total. The van der Waals surface area contributed by atoms with Crippen molar-refractivity contribution in [3.05, 3.63) is 69.3 Å². The Kier molecular flexibility index (Phi) is 5.07. The third kappa shape index (κ3) is 3.31. The summed E-state index contributed by atoms with van der Waals surface area (Å²) in [5.74, 6) is 0. The van der Waals surface area contributed by atoms with Gasteiger partial charge in [-0.25, -0.2) is 0 Å². The Morgan fingerprint density at radius 1 is 1.11 bits per heavy atom. The Labute approximate surface area is 171 Å². The van der Waals surface area contributed by atoms with E-state index in [2.05, 4.69) is 60.8 Å². The van der Waals surface area contributed by atoms with Crippen molar-refractivity contribution in [1.82, 2.24) is 9.47 Å². The average molecular weight is 399 g/mol. The van der Waals surface area contributed by atoms with Crippen LogP contribution in [-0.2, 0) is 6.42 Å². The Morgan fingerprint density at radius 2 is 1.81 bits per heavy atom. The van der Waals surface area contributed by atoms with E-state index < -0.39 is 0 Å². The number of hydrogen-bond donors (Lipinski definition) is 0. The quantitative estimate of drug-likeness (QED) is 0.465. The van der Waals surface area contributed by atoms with Gasteiger partial charge in [0.05, 0.1) is 11.6 Å². The predicted molar refractivity (Wildman–Crippen MR) is 118 cm³/mol. The van der Waals surface area contributed by atoms with Crippen LogP contribution in [0.3, 0.4) is 0 Å². The van der Waals surface area contributed by atoms with Gasteiger partial charge in [-0.2, -0.15) is 0 Å². The minimum absolute atomic E-state index is 0.411. The molecule has 1 aromatic heterocycles. The van der Waals surface area contributed by atoms with Crippen molar-refractivity contribution >= 4 is 45.9 Å². The van der Waals surface area contributed by atoms with Crippen molar-refractivity contribution < 1.29 is 0 Å². The third-order valence-electron chi connectivity index (χ3n) is 5.68. The van der Waals surface area contributed by atoms with Gasteiger partial charge in [-0.05, 0) is 73.8 Å². The molecule has 1 aliphatic rings. The van der Waals surface area contributed by atoms with E-state index in [1.54, 1.807) is 0 Å². The number of allylic oxidation sites excluding steroid dienone is 1. The van der Waals surface area contributed by atoms with Gasteiger partial charge in [-0.3, -0.25) is 4.90 Å². The fourth-order valence-electron chi connectivity index (χ4n) is 4.28. The summed E-state index contributed by atoms with van der Waals surface area (Å²) in [6.45, 7) is 5.50. The van der Waals surface area contributed by atoms with Crippen LogP contribution < -0.4 is 0 Å². The lowest BCUT2D eigenvalue weighted by Gasteiger charge is -2.33. The van der Waals surface area contributed by atoms with Gasteiger partial charge in [0.2, 0.25) is 0 Å². The second kappa shape index (κ2) is 7.35. The summed E-state index contributed by atoms with van der Waals surface area (Å²) in [5, 5.41) is 2.84. The van der Waals surface area contributed by atoms with Gasteiger partial charge in [0, 0.05) is 33.9 Å². The number of likely N-dealkylation sites (N-methyl/N-ethyl adjacent to an activating group) is 1. The van der Waals surface area contributed by atoms with Gasteiger partial charge in [0.1, 0.15) is 0 Å². The average Bonchev–Trinajstić information content (AvgIpc) is 2.95. The summed E-state index contributed by atoms with van der Waals surface area (Å²) in [5.41, 5.74) is 6.46. The van der Waals surface area contributed by atoms with Gasteiger partial charge in [-0.15, -0.1) is 0 Å². The van der Waals surface area contributed by atoms with E-state index >= 15 is 0 Å². The topological polar surface area (TPSA) is 8.17 Å². The highest BCUT2D eigenvalue weighted by Crippen LogP contribution is 2.39. The Bertz CT molecular complexity index is 1020. The van der Waals surface area contributed by atoms with Crippen molar-refractivity contribution in [2.24, 2.45) is 0 Å². The van der Waals surface area contributed by atoms with Gasteiger partial charge in [-0.1, -0.05) is 42.3 Å². The smallest absolute Gasteiger partial charge is 0.0530 e. The summed E-state index contributed by atoms with van der Waals surface area (Å²) in [7, 11) is 2.22. The zero-order valence-electron chi connectivity index (χ0n) is 16.0. The molecule has 2 heterocycles. The lowest BCUT2D eigenvalue weighted by atomic mass is 9.96. The predicted octanol–water partition coefficient (Wildman–Crippen LogP) is 6.91. The van der Waals surface area contributed by atoms with Crippen LogP contribution in [0, 0.1) is 0 Å². The van der Waals surface area contributed by atoms with E-state index in [0.29, 0.717) is 6.04 Å². The maximum absolute atomic E-state index is 6.34. The number of halogens is 2. The van der Waals surface area contributed by atoms with E-state index in [1.807, 2.05) is 18.2 Å². The number of rotatable bonds is 3. The molecule has 27 heavy (non-hydrogen) atoms. The highest BCUT2D eigenvalue weighted by atomic mass is 35.5. The summed E-state index contributed by atoms with van der Waals surface area (Å²) in [4.78, 5) is 2.46. The molecule has 1 atom stereocenters. The Morgan fingerprint density at radius 3 is 2.52 bits per heavy atom. The van der Waals surface area contributed by atoms with E-state index in [4.69, 9.17) is 23.2 Å². The fraction of sp³-hybridized carbons (Fsp3) is 0.304. The van der Waals surface area contributed by atoms with Crippen LogP contribution in [-0.4, -0.2) is 23.1 Å². The van der Waals surface area contributed by atoms with Crippen molar-refractivity contribution in [2.45, 2.75) is 32.7 Å². The zero-order valence-corrected chi connectivity index (χ0v) is 17.5. The number of hydrogen-bond acceptors (Lipinski definition) is 1. The maximum atomic E-state index is 6.34. The maximum Gasteiger partial charge on any atom is 0.0530 e. The molecule has 4 heteroatoms. The first-order chi connectivity index (χ1) is 13.0. The molecule has 0 aliphatic carbocycles. The van der Waals surface area contributed by atoms with E-state index in [0.717, 1.165) is 29.4 Å². The molecule has 0 saturated heterocycles. The van der Waals surface area contributed by atoms with Crippen LogP contribution in [0.25, 0.3) is 22.7 Å². The van der Waals surface area contributed by atoms with Crippen molar-refractivity contribution in [1.29, 1.82) is 0 Å². The molecular formula is C23H24Cl2N2. The molecule has 0 fully saturated rings. The summed E-state index contributed by atoms with van der Waals surface area (Å²) in [6.07, 6.45) is 4.40. The number of nitrogens with zero attached hydrogens (tertiary/aromatic N) is 2. The standard InChI is InChI=1S/C23H24Cl2N2/c1-4-21-23-19(11-12-26(21)3)20-13-18(25)9-10-22(20)27(23)14-15(2)16-5-7-17(24)8-6-16/h5-10,13-14,21H,4,11-12H2,1-3H3/b15-14+. The van der Waals surface area contributed by atoms with Gasteiger partial charge < -0.3 is 4.57 Å². The first-order valence-corrected chi connectivity index (χ1v) is 10.2. The van der Waals surface area contributed by atoms with Crippen LogP contribution in [0.15, 0.2) is 42.5 Å². The first kappa shape index (κ1) is 18.6. The summed E-state index contributed by atoms with van der Waals surface area (Å²) < 4.78 is 2.38.